The van der Waals surface area contributed by atoms with Crippen molar-refractivity contribution < 1.29 is 0 Å². The van der Waals surface area contributed by atoms with Gasteiger partial charge in [0.15, 0.2) is 0 Å². The quantitative estimate of drug-likeness (QED) is 0.804. The van der Waals surface area contributed by atoms with Crippen LogP contribution in [0.4, 0.5) is 0 Å². The Kier molecular flexibility index (Phi) is 1.76. The molecule has 2 aliphatic carbocycles. The lowest BCUT2D eigenvalue weighted by Gasteiger charge is -2.18. The minimum Gasteiger partial charge on any atom is -0.337 e. The lowest BCUT2D eigenvalue weighted by molar-refractivity contribution is 0.407. The van der Waals surface area contributed by atoms with E-state index in [1.807, 2.05) is 6.20 Å². The Hall–Kier alpha value is -0.310. The second kappa shape index (κ2) is 2.84. The van der Waals surface area contributed by atoms with E-state index in [0.29, 0.717) is 0 Å². The highest BCUT2D eigenvalue weighted by Gasteiger charge is 2.41. The summed E-state index contributed by atoms with van der Waals surface area (Å²) in [7, 11) is 0. The molecule has 2 bridgehead atoms. The van der Waals surface area contributed by atoms with Gasteiger partial charge in [0.05, 0.1) is 6.20 Å². The van der Waals surface area contributed by atoms with Crippen LogP contribution >= 0.6 is 15.9 Å². The van der Waals surface area contributed by atoms with Crippen LogP contribution in [-0.2, 0) is 0 Å². The Morgan fingerprint density at radius 3 is 2.85 bits per heavy atom. The van der Waals surface area contributed by atoms with Gasteiger partial charge < -0.3 is 4.98 Å². The number of halogens is 1. The smallest absolute Gasteiger partial charge is 0.110 e. The molecule has 1 N–H and O–H groups in total. The van der Waals surface area contributed by atoms with Crippen molar-refractivity contribution in [1.82, 2.24) is 9.97 Å². The van der Waals surface area contributed by atoms with Gasteiger partial charge in [-0.2, -0.15) is 0 Å². The van der Waals surface area contributed by atoms with Gasteiger partial charge in [0.1, 0.15) is 10.4 Å². The van der Waals surface area contributed by atoms with E-state index in [2.05, 4.69) is 25.9 Å². The summed E-state index contributed by atoms with van der Waals surface area (Å²) in [4.78, 5) is 7.72. The fraction of sp³-hybridized carbons (Fsp3) is 0.700. The third kappa shape index (κ3) is 1.25. The predicted octanol–water partition coefficient (Wildman–Crippen LogP) is 3.08. The molecule has 2 fully saturated rings. The number of hydrogen-bond acceptors (Lipinski definition) is 1. The first-order chi connectivity index (χ1) is 6.33. The number of aromatic amines is 1. The van der Waals surface area contributed by atoms with Crippen molar-refractivity contribution in [2.45, 2.75) is 31.6 Å². The highest BCUT2D eigenvalue weighted by Crippen LogP contribution is 2.52. The van der Waals surface area contributed by atoms with Gasteiger partial charge in [-0.05, 0) is 47.0 Å². The lowest BCUT2D eigenvalue weighted by Crippen LogP contribution is -2.09. The molecule has 0 aromatic carbocycles. The monoisotopic (exact) mass is 240 g/mol. The number of rotatable bonds is 1. The maximum absolute atomic E-state index is 4.41. The SMILES string of the molecule is Brc1cnc([C@H]2CC3CCC2C3)[nH]1. The van der Waals surface area contributed by atoms with Crippen LogP contribution in [0.15, 0.2) is 10.8 Å². The third-order valence-electron chi connectivity index (χ3n) is 3.65. The molecular weight excluding hydrogens is 228 g/mol. The molecule has 3 heteroatoms. The zero-order valence-electron chi connectivity index (χ0n) is 7.46. The molecule has 13 heavy (non-hydrogen) atoms. The summed E-state index contributed by atoms with van der Waals surface area (Å²) in [6.45, 7) is 0. The van der Waals surface area contributed by atoms with Crippen molar-refractivity contribution in [3.63, 3.8) is 0 Å². The minimum absolute atomic E-state index is 0.727. The molecule has 2 aliphatic rings. The Bertz CT molecular complexity index is 320. The lowest BCUT2D eigenvalue weighted by atomic mass is 9.88. The Balaban J connectivity index is 1.87. The molecule has 1 heterocycles. The fourth-order valence-electron chi connectivity index (χ4n) is 3.08. The summed E-state index contributed by atoms with van der Waals surface area (Å²) < 4.78 is 1.02. The summed E-state index contributed by atoms with van der Waals surface area (Å²) >= 11 is 3.41. The third-order valence-corrected chi connectivity index (χ3v) is 4.06. The molecule has 0 aliphatic heterocycles. The van der Waals surface area contributed by atoms with Gasteiger partial charge in [0.2, 0.25) is 0 Å². The average Bonchev–Trinajstić information content (AvgIpc) is 2.77. The van der Waals surface area contributed by atoms with Crippen LogP contribution < -0.4 is 0 Å². The Morgan fingerprint density at radius 2 is 2.31 bits per heavy atom. The largest absolute Gasteiger partial charge is 0.337 e. The first kappa shape index (κ1) is 8.04. The minimum atomic E-state index is 0.727. The second-order valence-corrected chi connectivity index (χ2v) is 5.25. The van der Waals surface area contributed by atoms with Crippen LogP contribution in [0, 0.1) is 11.8 Å². The summed E-state index contributed by atoms with van der Waals surface area (Å²) in [5, 5.41) is 0. The van der Waals surface area contributed by atoms with Gasteiger partial charge in [0, 0.05) is 5.92 Å². The van der Waals surface area contributed by atoms with Crippen molar-refractivity contribution >= 4 is 15.9 Å². The van der Waals surface area contributed by atoms with E-state index >= 15 is 0 Å². The first-order valence-corrected chi connectivity index (χ1v) is 5.82. The van der Waals surface area contributed by atoms with E-state index in [4.69, 9.17) is 0 Å². The molecule has 3 rings (SSSR count). The summed E-state index contributed by atoms with van der Waals surface area (Å²) in [6.07, 6.45) is 7.58. The molecule has 3 atom stereocenters. The van der Waals surface area contributed by atoms with Crippen molar-refractivity contribution in [2.24, 2.45) is 11.8 Å². The maximum atomic E-state index is 4.41. The molecular formula is C10H13BrN2. The van der Waals surface area contributed by atoms with Crippen molar-refractivity contribution in [3.8, 4) is 0 Å². The molecule has 0 radical (unpaired) electrons. The molecule has 70 valence electrons. The summed E-state index contributed by atoms with van der Waals surface area (Å²) in [5.74, 6) is 3.85. The fourth-order valence-corrected chi connectivity index (χ4v) is 3.39. The van der Waals surface area contributed by atoms with Crippen LogP contribution in [0.2, 0.25) is 0 Å². The molecule has 2 unspecified atom stereocenters. The number of fused-ring (bicyclic) bond motifs is 2. The maximum Gasteiger partial charge on any atom is 0.110 e. The van der Waals surface area contributed by atoms with Crippen LogP contribution in [0.25, 0.3) is 0 Å². The van der Waals surface area contributed by atoms with E-state index in [1.54, 1.807) is 0 Å². The highest BCUT2D eigenvalue weighted by molar-refractivity contribution is 9.10. The van der Waals surface area contributed by atoms with E-state index in [0.717, 1.165) is 22.4 Å². The summed E-state index contributed by atoms with van der Waals surface area (Å²) in [6, 6.07) is 0. The van der Waals surface area contributed by atoms with Gasteiger partial charge in [-0.1, -0.05) is 6.42 Å². The number of aromatic nitrogens is 2. The van der Waals surface area contributed by atoms with Gasteiger partial charge in [-0.3, -0.25) is 0 Å². The van der Waals surface area contributed by atoms with Gasteiger partial charge in [-0.25, -0.2) is 4.98 Å². The van der Waals surface area contributed by atoms with Crippen LogP contribution in [0.3, 0.4) is 0 Å². The van der Waals surface area contributed by atoms with E-state index in [-0.39, 0.29) is 0 Å². The number of nitrogens with one attached hydrogen (secondary N) is 1. The van der Waals surface area contributed by atoms with Crippen LogP contribution in [0.1, 0.15) is 37.4 Å². The number of hydrogen-bond donors (Lipinski definition) is 1. The Labute approximate surface area is 86.3 Å². The van der Waals surface area contributed by atoms with Gasteiger partial charge in [-0.15, -0.1) is 0 Å². The highest BCUT2D eigenvalue weighted by atomic mass is 79.9. The second-order valence-electron chi connectivity index (χ2n) is 4.40. The zero-order chi connectivity index (χ0) is 8.84. The number of imidazole rings is 1. The van der Waals surface area contributed by atoms with Crippen molar-refractivity contribution in [3.05, 3.63) is 16.6 Å². The molecule has 2 saturated carbocycles. The molecule has 0 amide bonds. The average molecular weight is 241 g/mol. The summed E-state index contributed by atoms with van der Waals surface area (Å²) in [5.41, 5.74) is 0. The van der Waals surface area contributed by atoms with Crippen molar-refractivity contribution in [2.75, 3.05) is 0 Å². The standard InChI is InChI=1S/C10H13BrN2/c11-9-5-12-10(13-9)8-4-6-1-2-7(8)3-6/h5-8H,1-4H2,(H,12,13)/t6?,7?,8-/m0/s1. The molecule has 0 spiro atoms. The Morgan fingerprint density at radius 1 is 1.38 bits per heavy atom. The van der Waals surface area contributed by atoms with E-state index < -0.39 is 0 Å². The van der Waals surface area contributed by atoms with E-state index in [9.17, 15) is 0 Å². The van der Waals surface area contributed by atoms with Crippen molar-refractivity contribution in [1.29, 1.82) is 0 Å². The topological polar surface area (TPSA) is 28.7 Å². The molecule has 2 nitrogen and oxygen atoms in total. The van der Waals surface area contributed by atoms with Gasteiger partial charge >= 0.3 is 0 Å². The predicted molar refractivity (Wildman–Crippen MR) is 54.5 cm³/mol. The zero-order valence-corrected chi connectivity index (χ0v) is 9.05. The molecule has 1 aromatic rings. The van der Waals surface area contributed by atoms with Crippen LogP contribution in [0.5, 0.6) is 0 Å². The van der Waals surface area contributed by atoms with E-state index in [1.165, 1.54) is 31.5 Å². The number of nitrogens with zero attached hydrogens (tertiary/aromatic N) is 1. The molecule has 0 saturated heterocycles. The van der Waals surface area contributed by atoms with Gasteiger partial charge in [0.25, 0.3) is 0 Å². The first-order valence-electron chi connectivity index (χ1n) is 5.03. The van der Waals surface area contributed by atoms with Crippen LogP contribution in [-0.4, -0.2) is 9.97 Å². The molecule has 1 aromatic heterocycles. The normalized spacial score (nSPS) is 37.2. The number of H-pyrrole nitrogens is 1.